The number of likely N-dealkylation sites (N-methyl/N-ethyl adjacent to an activating group) is 1. The summed E-state index contributed by atoms with van der Waals surface area (Å²) in [5.74, 6) is 1.66. The van der Waals surface area contributed by atoms with E-state index in [2.05, 4.69) is 24.1 Å². The lowest BCUT2D eigenvalue weighted by Crippen LogP contribution is -2.48. The van der Waals surface area contributed by atoms with Crippen LogP contribution in [0.3, 0.4) is 0 Å². The van der Waals surface area contributed by atoms with Crippen molar-refractivity contribution in [2.24, 2.45) is 5.73 Å². The summed E-state index contributed by atoms with van der Waals surface area (Å²) in [5.41, 5.74) is 7.34. The molecule has 1 aliphatic heterocycles. The van der Waals surface area contributed by atoms with E-state index in [1.807, 2.05) is 6.07 Å². The summed E-state index contributed by atoms with van der Waals surface area (Å²) in [6.07, 6.45) is 2.29. The number of piperidine rings is 1. The van der Waals surface area contributed by atoms with Gasteiger partial charge in [-0.15, -0.1) is 0 Å². The van der Waals surface area contributed by atoms with Crippen LogP contribution < -0.4 is 15.2 Å². The molecule has 0 aromatic heterocycles. The first kappa shape index (κ1) is 14.2. The van der Waals surface area contributed by atoms with Gasteiger partial charge >= 0.3 is 0 Å². The van der Waals surface area contributed by atoms with Crippen LogP contribution in [-0.4, -0.2) is 45.8 Å². The fourth-order valence-electron chi connectivity index (χ4n) is 3.00. The lowest BCUT2D eigenvalue weighted by molar-refractivity contribution is 0.179. The Kier molecular flexibility index (Phi) is 4.32. The maximum Gasteiger partial charge on any atom is 0.122 e. The quantitative estimate of drug-likeness (QED) is 0.898. The van der Waals surface area contributed by atoms with Crippen LogP contribution in [0.15, 0.2) is 18.2 Å². The van der Waals surface area contributed by atoms with Gasteiger partial charge in [0.25, 0.3) is 0 Å². The van der Waals surface area contributed by atoms with Crippen molar-refractivity contribution in [3.8, 4) is 11.5 Å². The van der Waals surface area contributed by atoms with Gasteiger partial charge in [0.05, 0.1) is 14.2 Å². The molecule has 0 bridgehead atoms. The topological polar surface area (TPSA) is 47.7 Å². The standard InChI is InChI=1S/C15H24N2O2/c1-17-6-4-5-15(10-16,11-17)12-7-13(18-2)9-14(8-12)19-3/h7-9H,4-6,10-11,16H2,1-3H3. The first-order chi connectivity index (χ1) is 9.13. The van der Waals surface area contributed by atoms with Crippen LogP contribution in [0.25, 0.3) is 0 Å². The van der Waals surface area contributed by atoms with E-state index in [0.29, 0.717) is 6.54 Å². The Morgan fingerprint density at radius 2 is 1.84 bits per heavy atom. The van der Waals surface area contributed by atoms with E-state index >= 15 is 0 Å². The van der Waals surface area contributed by atoms with Gasteiger partial charge < -0.3 is 20.1 Å². The number of methoxy groups -OCH3 is 2. The molecule has 2 N–H and O–H groups in total. The van der Waals surface area contributed by atoms with Crippen molar-refractivity contribution in [3.63, 3.8) is 0 Å². The Hall–Kier alpha value is -1.26. The van der Waals surface area contributed by atoms with Gasteiger partial charge in [-0.3, -0.25) is 0 Å². The van der Waals surface area contributed by atoms with E-state index in [0.717, 1.165) is 31.0 Å². The van der Waals surface area contributed by atoms with Crippen molar-refractivity contribution >= 4 is 0 Å². The van der Waals surface area contributed by atoms with Gasteiger partial charge in [0.2, 0.25) is 0 Å². The fraction of sp³-hybridized carbons (Fsp3) is 0.600. The first-order valence-corrected chi connectivity index (χ1v) is 6.76. The van der Waals surface area contributed by atoms with Crippen LogP contribution in [0, 0.1) is 0 Å². The Balaban J connectivity index is 2.41. The van der Waals surface area contributed by atoms with Crippen LogP contribution in [0.5, 0.6) is 11.5 Å². The predicted octanol–water partition coefficient (Wildman–Crippen LogP) is 1.63. The average molecular weight is 264 g/mol. The molecule has 1 aliphatic rings. The highest BCUT2D eigenvalue weighted by Gasteiger charge is 2.35. The molecule has 19 heavy (non-hydrogen) atoms. The molecule has 1 saturated heterocycles. The third-order valence-electron chi connectivity index (χ3n) is 4.12. The van der Waals surface area contributed by atoms with Gasteiger partial charge in [-0.05, 0) is 44.1 Å². The molecule has 1 fully saturated rings. The summed E-state index contributed by atoms with van der Waals surface area (Å²) in [7, 11) is 5.52. The van der Waals surface area contributed by atoms with Gasteiger partial charge in [-0.25, -0.2) is 0 Å². The molecular weight excluding hydrogens is 240 g/mol. The van der Waals surface area contributed by atoms with Crippen LogP contribution >= 0.6 is 0 Å². The zero-order chi connectivity index (χ0) is 13.9. The number of likely N-dealkylation sites (tertiary alicyclic amines) is 1. The first-order valence-electron chi connectivity index (χ1n) is 6.76. The minimum Gasteiger partial charge on any atom is -0.497 e. The number of rotatable bonds is 4. The molecule has 1 heterocycles. The highest BCUT2D eigenvalue weighted by molar-refractivity contribution is 5.42. The molecule has 0 saturated carbocycles. The van der Waals surface area contributed by atoms with Crippen molar-refractivity contribution < 1.29 is 9.47 Å². The summed E-state index contributed by atoms with van der Waals surface area (Å²) < 4.78 is 10.7. The maximum atomic E-state index is 6.11. The van der Waals surface area contributed by atoms with Crippen LogP contribution in [0.2, 0.25) is 0 Å². The zero-order valence-electron chi connectivity index (χ0n) is 12.1. The molecule has 1 aromatic rings. The molecule has 2 rings (SSSR count). The molecule has 4 nitrogen and oxygen atoms in total. The number of nitrogens with two attached hydrogens (primary N) is 1. The average Bonchev–Trinajstić information content (AvgIpc) is 2.46. The third kappa shape index (κ3) is 2.85. The highest BCUT2D eigenvalue weighted by atomic mass is 16.5. The van der Waals surface area contributed by atoms with Crippen LogP contribution in [0.1, 0.15) is 18.4 Å². The Morgan fingerprint density at radius 3 is 2.32 bits per heavy atom. The predicted molar refractivity (Wildman–Crippen MR) is 77.0 cm³/mol. The number of hydrogen-bond acceptors (Lipinski definition) is 4. The molecule has 1 atom stereocenters. The monoisotopic (exact) mass is 264 g/mol. The number of ether oxygens (including phenoxy) is 2. The summed E-state index contributed by atoms with van der Waals surface area (Å²) in [5, 5.41) is 0. The molecule has 0 spiro atoms. The molecule has 1 unspecified atom stereocenters. The van der Waals surface area contributed by atoms with E-state index in [9.17, 15) is 0 Å². The SMILES string of the molecule is COc1cc(OC)cc(C2(CN)CCCN(C)C2)c1. The van der Waals surface area contributed by atoms with Crippen molar-refractivity contribution in [3.05, 3.63) is 23.8 Å². The molecule has 0 radical (unpaired) electrons. The normalized spacial score (nSPS) is 24.2. The van der Waals surface area contributed by atoms with Gasteiger partial charge in [0.15, 0.2) is 0 Å². The fourth-order valence-corrected chi connectivity index (χ4v) is 3.00. The minimum atomic E-state index is 0.00875. The van der Waals surface area contributed by atoms with Crippen molar-refractivity contribution in [1.82, 2.24) is 4.90 Å². The molecule has 0 aliphatic carbocycles. The molecule has 0 amide bonds. The summed E-state index contributed by atoms with van der Waals surface area (Å²) >= 11 is 0. The van der Waals surface area contributed by atoms with E-state index in [4.69, 9.17) is 15.2 Å². The Bertz CT molecular complexity index is 414. The molecule has 1 aromatic carbocycles. The number of nitrogens with zero attached hydrogens (tertiary/aromatic N) is 1. The van der Waals surface area contributed by atoms with Gasteiger partial charge in [-0.1, -0.05) is 0 Å². The van der Waals surface area contributed by atoms with Crippen molar-refractivity contribution in [2.45, 2.75) is 18.3 Å². The van der Waals surface area contributed by atoms with E-state index < -0.39 is 0 Å². The second kappa shape index (κ2) is 5.80. The van der Waals surface area contributed by atoms with Crippen LogP contribution in [-0.2, 0) is 5.41 Å². The van der Waals surface area contributed by atoms with Gasteiger partial charge in [0.1, 0.15) is 11.5 Å². The van der Waals surface area contributed by atoms with E-state index in [1.165, 1.54) is 12.0 Å². The van der Waals surface area contributed by atoms with E-state index in [-0.39, 0.29) is 5.41 Å². The number of hydrogen-bond donors (Lipinski definition) is 1. The maximum absolute atomic E-state index is 6.11. The third-order valence-corrected chi connectivity index (χ3v) is 4.12. The minimum absolute atomic E-state index is 0.00875. The van der Waals surface area contributed by atoms with Gasteiger partial charge in [-0.2, -0.15) is 0 Å². The summed E-state index contributed by atoms with van der Waals surface area (Å²) in [6, 6.07) is 6.09. The Labute approximate surface area is 115 Å². The zero-order valence-corrected chi connectivity index (χ0v) is 12.1. The smallest absolute Gasteiger partial charge is 0.122 e. The molecule has 106 valence electrons. The second-order valence-electron chi connectivity index (χ2n) is 5.43. The lowest BCUT2D eigenvalue weighted by atomic mass is 9.74. The second-order valence-corrected chi connectivity index (χ2v) is 5.43. The van der Waals surface area contributed by atoms with Gasteiger partial charge in [0, 0.05) is 24.6 Å². The molecular formula is C15H24N2O2. The van der Waals surface area contributed by atoms with E-state index in [1.54, 1.807) is 14.2 Å². The largest absolute Gasteiger partial charge is 0.497 e. The number of benzene rings is 1. The highest BCUT2D eigenvalue weighted by Crippen LogP contribution is 2.36. The van der Waals surface area contributed by atoms with Crippen molar-refractivity contribution in [1.29, 1.82) is 0 Å². The Morgan fingerprint density at radius 1 is 1.21 bits per heavy atom. The summed E-state index contributed by atoms with van der Waals surface area (Å²) in [6.45, 7) is 2.77. The van der Waals surface area contributed by atoms with Crippen molar-refractivity contribution in [2.75, 3.05) is 40.9 Å². The molecule has 4 heteroatoms. The summed E-state index contributed by atoms with van der Waals surface area (Å²) in [4.78, 5) is 2.35. The lowest BCUT2D eigenvalue weighted by Gasteiger charge is -2.41. The van der Waals surface area contributed by atoms with Crippen LogP contribution in [0.4, 0.5) is 0 Å².